The third-order valence-corrected chi connectivity index (χ3v) is 7.43. The number of nitrogens with two attached hydrogens (primary N) is 1. The predicted molar refractivity (Wildman–Crippen MR) is 180 cm³/mol. The molecule has 0 spiro atoms. The highest BCUT2D eigenvalue weighted by atomic mass is 16.6. The maximum atomic E-state index is 13.8. The van der Waals surface area contributed by atoms with Crippen LogP contribution in [0.5, 0.6) is 5.75 Å². The fourth-order valence-electron chi connectivity index (χ4n) is 5.41. The van der Waals surface area contributed by atoms with Crippen molar-refractivity contribution in [2.45, 2.75) is 83.6 Å². The van der Waals surface area contributed by atoms with Gasteiger partial charge in [0, 0.05) is 18.0 Å². The molecule has 3 aromatic rings. The van der Waals surface area contributed by atoms with Gasteiger partial charge in [-0.15, -0.1) is 0 Å². The molecule has 0 saturated heterocycles. The van der Waals surface area contributed by atoms with Gasteiger partial charge in [-0.2, -0.15) is 0 Å². The summed E-state index contributed by atoms with van der Waals surface area (Å²) in [7, 11) is 0. The highest BCUT2D eigenvalue weighted by molar-refractivity contribution is 5.97. The molecule has 1 amide bonds. The summed E-state index contributed by atoms with van der Waals surface area (Å²) in [6, 6.07) is 19.3. The van der Waals surface area contributed by atoms with E-state index in [1.54, 1.807) is 53.7 Å². The molecule has 3 aromatic carbocycles. The SMILES string of the molecule is CC(C)(C)OC(=O)C[C@@H](C(=O)O)N(C(=O)OCC1c2ccccc2-c2ccccc21)c1ccc(OCCC(N)C(=O)OC(C)(C)C)cc1. The summed E-state index contributed by atoms with van der Waals surface area (Å²) < 4.78 is 22.3. The van der Waals surface area contributed by atoms with Gasteiger partial charge in [0.2, 0.25) is 0 Å². The molecule has 0 fully saturated rings. The van der Waals surface area contributed by atoms with E-state index >= 15 is 0 Å². The van der Waals surface area contributed by atoms with Crippen LogP contribution in [0.4, 0.5) is 10.5 Å². The molecule has 11 nitrogen and oxygen atoms in total. The minimum Gasteiger partial charge on any atom is -0.494 e. The van der Waals surface area contributed by atoms with E-state index in [-0.39, 0.29) is 31.2 Å². The minimum atomic E-state index is -1.63. The normalized spacial score (nSPS) is 13.8. The summed E-state index contributed by atoms with van der Waals surface area (Å²) in [5, 5.41) is 10.2. The lowest BCUT2D eigenvalue weighted by Crippen LogP contribution is -2.47. The van der Waals surface area contributed by atoms with Crippen molar-refractivity contribution < 1.29 is 43.2 Å². The van der Waals surface area contributed by atoms with Crippen molar-refractivity contribution in [2.24, 2.45) is 5.73 Å². The van der Waals surface area contributed by atoms with Crippen molar-refractivity contribution in [2.75, 3.05) is 18.1 Å². The standard InChI is InChI=1S/C37H44N2O9/c1-36(2,3)47-32(40)21-31(33(41)42)39(23-15-17-24(18-16-23)45-20-19-30(38)34(43)48-37(4,5)6)35(44)46-22-29-27-13-9-7-11-25(27)26-12-8-10-14-28(26)29/h7-18,29-31H,19-22,38H2,1-6H3,(H,41,42)/t30?,31-/m0/s1. The minimum absolute atomic E-state index is 0.0543. The quantitative estimate of drug-likeness (QED) is 0.173. The Morgan fingerprint density at radius 1 is 0.812 bits per heavy atom. The van der Waals surface area contributed by atoms with Crippen LogP contribution >= 0.6 is 0 Å². The number of fused-ring (bicyclic) bond motifs is 3. The number of carboxylic acid groups (broad SMARTS) is 1. The van der Waals surface area contributed by atoms with Gasteiger partial charge >= 0.3 is 24.0 Å². The number of ether oxygens (including phenoxy) is 4. The van der Waals surface area contributed by atoms with Crippen LogP contribution in [0.2, 0.25) is 0 Å². The van der Waals surface area contributed by atoms with Crippen molar-refractivity contribution >= 4 is 29.7 Å². The lowest BCUT2D eigenvalue weighted by Gasteiger charge is -2.29. The number of aliphatic carboxylic acids is 1. The molecule has 256 valence electrons. The fourth-order valence-corrected chi connectivity index (χ4v) is 5.41. The first kappa shape index (κ1) is 35.9. The smallest absolute Gasteiger partial charge is 0.415 e. The van der Waals surface area contributed by atoms with Crippen molar-refractivity contribution in [1.29, 1.82) is 0 Å². The summed E-state index contributed by atoms with van der Waals surface area (Å²) in [6.45, 7) is 10.3. The van der Waals surface area contributed by atoms with E-state index in [1.165, 1.54) is 12.1 Å². The van der Waals surface area contributed by atoms with Gasteiger partial charge in [0.25, 0.3) is 0 Å². The molecule has 1 unspecified atom stereocenters. The summed E-state index contributed by atoms with van der Waals surface area (Å²) >= 11 is 0. The molecule has 0 saturated carbocycles. The molecule has 0 aliphatic heterocycles. The van der Waals surface area contributed by atoms with E-state index < -0.39 is 53.7 Å². The molecular formula is C37H44N2O9. The third kappa shape index (κ3) is 9.34. The fraction of sp³-hybridized carbons (Fsp3) is 0.405. The highest BCUT2D eigenvalue weighted by Gasteiger charge is 2.37. The Morgan fingerprint density at radius 2 is 1.35 bits per heavy atom. The Labute approximate surface area is 280 Å². The van der Waals surface area contributed by atoms with Crippen LogP contribution in [0, 0.1) is 0 Å². The topological polar surface area (TPSA) is 155 Å². The summed E-state index contributed by atoms with van der Waals surface area (Å²) in [5.41, 5.74) is 8.66. The zero-order chi connectivity index (χ0) is 35.2. The lowest BCUT2D eigenvalue weighted by molar-refractivity contribution is -0.158. The molecule has 3 N–H and O–H groups in total. The second-order valence-electron chi connectivity index (χ2n) is 13.6. The molecule has 48 heavy (non-hydrogen) atoms. The maximum absolute atomic E-state index is 13.8. The highest BCUT2D eigenvalue weighted by Crippen LogP contribution is 2.44. The maximum Gasteiger partial charge on any atom is 0.415 e. The third-order valence-electron chi connectivity index (χ3n) is 7.43. The van der Waals surface area contributed by atoms with Crippen LogP contribution in [-0.4, -0.2) is 65.6 Å². The van der Waals surface area contributed by atoms with Gasteiger partial charge in [0.1, 0.15) is 35.6 Å². The Hall–Kier alpha value is -4.90. The first-order valence-corrected chi connectivity index (χ1v) is 15.8. The van der Waals surface area contributed by atoms with Gasteiger partial charge in [0.15, 0.2) is 0 Å². The lowest BCUT2D eigenvalue weighted by atomic mass is 9.98. The molecule has 1 aliphatic carbocycles. The predicted octanol–water partition coefficient (Wildman–Crippen LogP) is 6.07. The van der Waals surface area contributed by atoms with Crippen molar-refractivity contribution in [3.05, 3.63) is 83.9 Å². The van der Waals surface area contributed by atoms with E-state index in [0.717, 1.165) is 27.2 Å². The largest absolute Gasteiger partial charge is 0.494 e. The number of carbonyl (C=O) groups excluding carboxylic acids is 3. The second-order valence-corrected chi connectivity index (χ2v) is 13.6. The second kappa shape index (κ2) is 14.9. The molecule has 2 atom stereocenters. The van der Waals surface area contributed by atoms with Crippen LogP contribution in [0.25, 0.3) is 11.1 Å². The van der Waals surface area contributed by atoms with E-state index in [0.29, 0.717) is 5.75 Å². The summed E-state index contributed by atoms with van der Waals surface area (Å²) in [6.07, 6.45) is -1.36. The summed E-state index contributed by atoms with van der Waals surface area (Å²) in [4.78, 5) is 52.3. The summed E-state index contributed by atoms with van der Waals surface area (Å²) in [5.74, 6) is -2.61. The van der Waals surface area contributed by atoms with Gasteiger partial charge in [-0.3, -0.25) is 14.5 Å². The Kier molecular flexibility index (Phi) is 11.2. The Bertz CT molecular complexity index is 1580. The molecule has 4 rings (SSSR count). The molecule has 0 radical (unpaired) electrons. The average molecular weight is 661 g/mol. The van der Waals surface area contributed by atoms with E-state index in [9.17, 15) is 24.3 Å². The van der Waals surface area contributed by atoms with Crippen LogP contribution in [0.1, 0.15) is 71.4 Å². The van der Waals surface area contributed by atoms with Crippen molar-refractivity contribution in [1.82, 2.24) is 0 Å². The van der Waals surface area contributed by atoms with Crippen molar-refractivity contribution in [3.63, 3.8) is 0 Å². The van der Waals surface area contributed by atoms with Gasteiger partial charge < -0.3 is 29.8 Å². The van der Waals surface area contributed by atoms with Crippen molar-refractivity contribution in [3.8, 4) is 16.9 Å². The van der Waals surface area contributed by atoms with Gasteiger partial charge in [-0.05, 0) is 88.1 Å². The first-order chi connectivity index (χ1) is 22.5. The number of hydrogen-bond acceptors (Lipinski definition) is 9. The van der Waals surface area contributed by atoms with Crippen LogP contribution < -0.4 is 15.4 Å². The van der Waals surface area contributed by atoms with E-state index in [1.807, 2.05) is 48.5 Å². The van der Waals surface area contributed by atoms with Gasteiger partial charge in [-0.25, -0.2) is 9.59 Å². The molecule has 11 heteroatoms. The number of carbonyl (C=O) groups is 4. The van der Waals surface area contributed by atoms with E-state index in [2.05, 4.69) is 0 Å². The number of carboxylic acids is 1. The molecule has 1 aliphatic rings. The molecule has 0 aromatic heterocycles. The zero-order valence-electron chi connectivity index (χ0n) is 28.2. The number of anilines is 1. The van der Waals surface area contributed by atoms with Crippen LogP contribution in [-0.2, 0) is 28.6 Å². The van der Waals surface area contributed by atoms with Gasteiger partial charge in [-0.1, -0.05) is 48.5 Å². The first-order valence-electron chi connectivity index (χ1n) is 15.8. The molecule has 0 heterocycles. The monoisotopic (exact) mass is 660 g/mol. The molecule has 0 bridgehead atoms. The number of amides is 1. The Morgan fingerprint density at radius 3 is 1.88 bits per heavy atom. The van der Waals surface area contributed by atoms with Crippen LogP contribution in [0.15, 0.2) is 72.8 Å². The van der Waals surface area contributed by atoms with Crippen LogP contribution in [0.3, 0.4) is 0 Å². The average Bonchev–Trinajstić information content (AvgIpc) is 3.32. The number of benzene rings is 3. The number of esters is 2. The van der Waals surface area contributed by atoms with E-state index in [4.69, 9.17) is 24.7 Å². The zero-order valence-corrected chi connectivity index (χ0v) is 28.2. The number of rotatable bonds is 12. The van der Waals surface area contributed by atoms with Gasteiger partial charge in [0.05, 0.1) is 13.0 Å². The Balaban J connectivity index is 1.53. The molecular weight excluding hydrogens is 616 g/mol. The number of nitrogens with zero attached hydrogens (tertiary/aromatic N) is 1. The number of hydrogen-bond donors (Lipinski definition) is 2.